The fraction of sp³-hybridized carbons (Fsp3) is 0.190. The Bertz CT molecular complexity index is 880. The summed E-state index contributed by atoms with van der Waals surface area (Å²) in [4.78, 5) is 13.0. The van der Waals surface area contributed by atoms with Gasteiger partial charge in [0.2, 0.25) is 0 Å². The van der Waals surface area contributed by atoms with E-state index in [-0.39, 0.29) is 5.91 Å². The van der Waals surface area contributed by atoms with Crippen LogP contribution in [0.5, 0.6) is 11.5 Å². The van der Waals surface area contributed by atoms with E-state index in [0.717, 1.165) is 33.9 Å². The Balaban J connectivity index is 1.62. The standard InChI is InChI=1S/C21H21NO3S/c1-14-5-4-6-15(2)20(14)25-12-16-11-19(26-13-16)21(23)22-17-7-9-18(24-3)10-8-17/h4-11,13H,12H2,1-3H3,(H,22,23). The average molecular weight is 367 g/mol. The third-order valence-electron chi connectivity index (χ3n) is 4.02. The summed E-state index contributed by atoms with van der Waals surface area (Å²) < 4.78 is 11.1. The lowest BCUT2D eigenvalue weighted by atomic mass is 10.1. The van der Waals surface area contributed by atoms with Gasteiger partial charge in [0.05, 0.1) is 12.0 Å². The summed E-state index contributed by atoms with van der Waals surface area (Å²) in [6.07, 6.45) is 0. The van der Waals surface area contributed by atoms with Crippen LogP contribution in [-0.2, 0) is 6.61 Å². The van der Waals surface area contributed by atoms with Crippen molar-refractivity contribution in [3.63, 3.8) is 0 Å². The number of amides is 1. The number of para-hydroxylation sites is 1. The number of nitrogens with one attached hydrogen (secondary N) is 1. The van der Waals surface area contributed by atoms with Crippen molar-refractivity contribution in [2.75, 3.05) is 12.4 Å². The van der Waals surface area contributed by atoms with Crippen LogP contribution in [0.15, 0.2) is 53.9 Å². The number of carbonyl (C=O) groups excluding carboxylic acids is 1. The van der Waals surface area contributed by atoms with Crippen molar-refractivity contribution in [2.45, 2.75) is 20.5 Å². The zero-order valence-corrected chi connectivity index (χ0v) is 15.9. The minimum Gasteiger partial charge on any atom is -0.497 e. The minimum absolute atomic E-state index is 0.126. The molecule has 0 unspecified atom stereocenters. The molecule has 0 atom stereocenters. The van der Waals surface area contributed by atoms with Gasteiger partial charge in [-0.2, -0.15) is 0 Å². The Kier molecular flexibility index (Phi) is 5.58. The monoisotopic (exact) mass is 367 g/mol. The summed E-state index contributed by atoms with van der Waals surface area (Å²) in [7, 11) is 1.61. The normalized spacial score (nSPS) is 10.4. The molecule has 3 aromatic rings. The molecule has 26 heavy (non-hydrogen) atoms. The summed E-state index contributed by atoms with van der Waals surface area (Å²) in [5.74, 6) is 1.53. The van der Waals surface area contributed by atoms with Crippen molar-refractivity contribution in [1.29, 1.82) is 0 Å². The molecule has 0 spiro atoms. The van der Waals surface area contributed by atoms with Crippen molar-refractivity contribution in [2.24, 2.45) is 0 Å². The lowest BCUT2D eigenvalue weighted by Gasteiger charge is -2.10. The molecular weight excluding hydrogens is 346 g/mol. The second-order valence-electron chi connectivity index (χ2n) is 6.01. The van der Waals surface area contributed by atoms with Gasteiger partial charge in [0.15, 0.2) is 0 Å². The highest BCUT2D eigenvalue weighted by molar-refractivity contribution is 7.12. The molecule has 0 saturated carbocycles. The SMILES string of the molecule is COc1ccc(NC(=O)c2cc(COc3c(C)cccc3C)cs2)cc1. The van der Waals surface area contributed by atoms with Crippen LogP contribution >= 0.6 is 11.3 Å². The van der Waals surface area contributed by atoms with Gasteiger partial charge in [-0.25, -0.2) is 0 Å². The molecule has 0 saturated heterocycles. The first-order valence-corrected chi connectivity index (χ1v) is 9.16. The number of rotatable bonds is 6. The Hall–Kier alpha value is -2.79. The van der Waals surface area contributed by atoms with E-state index < -0.39 is 0 Å². The van der Waals surface area contributed by atoms with Crippen LogP contribution in [0.25, 0.3) is 0 Å². The second-order valence-corrected chi connectivity index (χ2v) is 6.92. The number of ether oxygens (including phenoxy) is 2. The molecule has 1 aromatic heterocycles. The summed E-state index contributed by atoms with van der Waals surface area (Å²) in [5, 5.41) is 4.84. The van der Waals surface area contributed by atoms with E-state index in [2.05, 4.69) is 5.32 Å². The maximum atomic E-state index is 12.4. The zero-order chi connectivity index (χ0) is 18.5. The number of carbonyl (C=O) groups is 1. The van der Waals surface area contributed by atoms with Crippen molar-refractivity contribution in [1.82, 2.24) is 0 Å². The maximum Gasteiger partial charge on any atom is 0.265 e. The van der Waals surface area contributed by atoms with Gasteiger partial charge in [-0.15, -0.1) is 11.3 Å². The number of aryl methyl sites for hydroxylation is 2. The summed E-state index contributed by atoms with van der Waals surface area (Å²) >= 11 is 1.41. The Labute approximate surface area is 157 Å². The molecule has 1 amide bonds. The van der Waals surface area contributed by atoms with E-state index in [1.165, 1.54) is 11.3 Å². The van der Waals surface area contributed by atoms with Gasteiger partial charge in [-0.1, -0.05) is 18.2 Å². The largest absolute Gasteiger partial charge is 0.497 e. The van der Waals surface area contributed by atoms with Crippen LogP contribution in [0.4, 0.5) is 5.69 Å². The lowest BCUT2D eigenvalue weighted by Crippen LogP contribution is -2.10. The van der Waals surface area contributed by atoms with Crippen LogP contribution < -0.4 is 14.8 Å². The Morgan fingerprint density at radius 3 is 2.42 bits per heavy atom. The van der Waals surface area contributed by atoms with Crippen LogP contribution in [0, 0.1) is 13.8 Å². The van der Waals surface area contributed by atoms with Gasteiger partial charge in [0.1, 0.15) is 18.1 Å². The third kappa shape index (κ3) is 4.24. The molecule has 1 heterocycles. The van der Waals surface area contributed by atoms with E-state index in [0.29, 0.717) is 11.5 Å². The van der Waals surface area contributed by atoms with Crippen LogP contribution in [0.1, 0.15) is 26.4 Å². The van der Waals surface area contributed by atoms with Crippen molar-refractivity contribution in [3.8, 4) is 11.5 Å². The maximum absolute atomic E-state index is 12.4. The fourth-order valence-corrected chi connectivity index (χ4v) is 3.41. The molecule has 0 aliphatic heterocycles. The summed E-state index contributed by atoms with van der Waals surface area (Å²) in [5.41, 5.74) is 3.94. The predicted molar refractivity (Wildman–Crippen MR) is 106 cm³/mol. The van der Waals surface area contributed by atoms with Gasteiger partial charge in [-0.05, 0) is 60.7 Å². The molecule has 5 heteroatoms. The molecule has 2 aromatic carbocycles. The highest BCUT2D eigenvalue weighted by Crippen LogP contribution is 2.25. The summed E-state index contributed by atoms with van der Waals surface area (Å²) in [6.45, 7) is 4.51. The first-order valence-electron chi connectivity index (χ1n) is 8.28. The fourth-order valence-electron chi connectivity index (χ4n) is 2.62. The number of anilines is 1. The van der Waals surface area contributed by atoms with Crippen molar-refractivity contribution < 1.29 is 14.3 Å². The van der Waals surface area contributed by atoms with Gasteiger partial charge in [0.25, 0.3) is 5.91 Å². The molecule has 0 fully saturated rings. The lowest BCUT2D eigenvalue weighted by molar-refractivity contribution is 0.103. The van der Waals surface area contributed by atoms with E-state index in [9.17, 15) is 4.79 Å². The molecule has 0 aliphatic rings. The van der Waals surface area contributed by atoms with Crippen LogP contribution in [0.3, 0.4) is 0 Å². The summed E-state index contributed by atoms with van der Waals surface area (Å²) in [6, 6.07) is 15.2. The van der Waals surface area contributed by atoms with E-state index in [1.54, 1.807) is 7.11 Å². The number of thiophene rings is 1. The van der Waals surface area contributed by atoms with Crippen molar-refractivity contribution in [3.05, 3.63) is 75.5 Å². The first-order chi connectivity index (χ1) is 12.6. The van der Waals surface area contributed by atoms with Gasteiger partial charge in [-0.3, -0.25) is 4.79 Å². The molecule has 0 bridgehead atoms. The van der Waals surface area contributed by atoms with E-state index in [1.807, 2.05) is 67.8 Å². The van der Waals surface area contributed by atoms with Crippen LogP contribution in [0.2, 0.25) is 0 Å². The molecule has 0 aliphatic carbocycles. The highest BCUT2D eigenvalue weighted by Gasteiger charge is 2.11. The van der Waals surface area contributed by atoms with E-state index in [4.69, 9.17) is 9.47 Å². The molecule has 1 N–H and O–H groups in total. The van der Waals surface area contributed by atoms with Gasteiger partial charge < -0.3 is 14.8 Å². The number of hydrogen-bond donors (Lipinski definition) is 1. The van der Waals surface area contributed by atoms with Gasteiger partial charge in [0, 0.05) is 11.3 Å². The molecule has 4 nitrogen and oxygen atoms in total. The zero-order valence-electron chi connectivity index (χ0n) is 15.0. The third-order valence-corrected chi connectivity index (χ3v) is 5.00. The molecule has 134 valence electrons. The first kappa shape index (κ1) is 18.0. The number of benzene rings is 2. The minimum atomic E-state index is -0.126. The Morgan fingerprint density at radius 2 is 1.77 bits per heavy atom. The quantitative estimate of drug-likeness (QED) is 0.651. The molecular formula is C21H21NO3S. The second kappa shape index (κ2) is 8.06. The number of methoxy groups -OCH3 is 1. The van der Waals surface area contributed by atoms with Gasteiger partial charge >= 0.3 is 0 Å². The predicted octanol–water partition coefficient (Wildman–Crippen LogP) is 5.20. The molecule has 0 radical (unpaired) electrons. The van der Waals surface area contributed by atoms with Crippen LogP contribution in [-0.4, -0.2) is 13.0 Å². The average Bonchev–Trinajstić information content (AvgIpc) is 3.11. The topological polar surface area (TPSA) is 47.6 Å². The Morgan fingerprint density at radius 1 is 1.08 bits per heavy atom. The van der Waals surface area contributed by atoms with E-state index >= 15 is 0 Å². The highest BCUT2D eigenvalue weighted by atomic mass is 32.1. The molecule has 3 rings (SSSR count). The van der Waals surface area contributed by atoms with Crippen molar-refractivity contribution >= 4 is 22.9 Å². The smallest absolute Gasteiger partial charge is 0.265 e. The number of hydrogen-bond acceptors (Lipinski definition) is 4.